The number of hydrogen-bond donors (Lipinski definition) is 0. The summed E-state index contributed by atoms with van der Waals surface area (Å²) >= 11 is 21.2. The van der Waals surface area contributed by atoms with Crippen LogP contribution in [0.1, 0.15) is 15.9 Å². The molecule has 0 aliphatic heterocycles. The third kappa shape index (κ3) is 3.65. The first-order chi connectivity index (χ1) is 7.53. The maximum absolute atomic E-state index is 12.5. The first kappa shape index (κ1) is 14.9. The molecule has 0 aromatic heterocycles. The van der Waals surface area contributed by atoms with Crippen LogP contribution < -0.4 is 0 Å². The van der Waals surface area contributed by atoms with Gasteiger partial charge in [-0.2, -0.15) is 13.2 Å². The number of alkyl halides is 6. The molecule has 0 unspecified atom stereocenters. The monoisotopic (exact) mass is 324 g/mol. The largest absolute Gasteiger partial charge is 0.417 e. The zero-order valence-electron chi connectivity index (χ0n) is 7.79. The Bertz CT molecular complexity index is 451. The number of Topliss-reactive ketones (excluding diaryl/α,β-unsaturated/α-hetero) is 1. The lowest BCUT2D eigenvalue weighted by Crippen LogP contribution is -2.19. The normalized spacial score (nSPS) is 12.6. The second kappa shape index (κ2) is 4.84. The van der Waals surface area contributed by atoms with Crippen molar-refractivity contribution < 1.29 is 18.0 Å². The zero-order valence-corrected chi connectivity index (χ0v) is 10.8. The number of hydrogen-bond acceptors (Lipinski definition) is 1. The minimum atomic E-state index is -4.68. The summed E-state index contributed by atoms with van der Waals surface area (Å²) in [6.07, 6.45) is -4.68. The lowest BCUT2D eigenvalue weighted by atomic mass is 10.1. The number of ketones is 1. The van der Waals surface area contributed by atoms with Crippen molar-refractivity contribution in [3.8, 4) is 0 Å². The van der Waals surface area contributed by atoms with Gasteiger partial charge in [-0.1, -0.05) is 46.4 Å². The average molecular weight is 326 g/mol. The van der Waals surface area contributed by atoms with E-state index in [0.717, 1.165) is 12.1 Å². The van der Waals surface area contributed by atoms with E-state index in [1.54, 1.807) is 0 Å². The molecular formula is C9H3Cl4F3O. The Morgan fingerprint density at radius 2 is 1.65 bits per heavy atom. The van der Waals surface area contributed by atoms with Gasteiger partial charge in [0.05, 0.1) is 10.6 Å². The Kier molecular flexibility index (Phi) is 4.24. The van der Waals surface area contributed by atoms with Gasteiger partial charge in [0.2, 0.25) is 5.78 Å². The minimum absolute atomic E-state index is 0.373. The van der Waals surface area contributed by atoms with E-state index in [1.807, 2.05) is 0 Å². The van der Waals surface area contributed by atoms with Crippen LogP contribution in [0.5, 0.6) is 0 Å². The fourth-order valence-corrected chi connectivity index (χ4v) is 1.60. The summed E-state index contributed by atoms with van der Waals surface area (Å²) in [5.41, 5.74) is -1.53. The second-order valence-corrected chi connectivity index (χ2v) is 5.71. The van der Waals surface area contributed by atoms with Crippen LogP contribution in [0.25, 0.3) is 0 Å². The van der Waals surface area contributed by atoms with E-state index in [1.165, 1.54) is 0 Å². The molecule has 0 heterocycles. The smallest absolute Gasteiger partial charge is 0.289 e. The second-order valence-electron chi connectivity index (χ2n) is 3.02. The molecule has 0 saturated heterocycles. The standard InChI is InChI=1S/C9H3Cl4F3O/c10-6-2-1-4(7(17)8(11,12)13)3-5(6)9(14,15)16/h1-3H. The molecule has 0 atom stereocenters. The highest BCUT2D eigenvalue weighted by atomic mass is 35.6. The zero-order chi connectivity index (χ0) is 13.4. The Morgan fingerprint density at radius 1 is 1.12 bits per heavy atom. The van der Waals surface area contributed by atoms with Crippen molar-refractivity contribution in [1.82, 2.24) is 0 Å². The maximum atomic E-state index is 12.5. The van der Waals surface area contributed by atoms with Crippen molar-refractivity contribution in [1.29, 1.82) is 0 Å². The molecule has 1 rings (SSSR count). The van der Waals surface area contributed by atoms with E-state index in [2.05, 4.69) is 0 Å². The van der Waals surface area contributed by atoms with Gasteiger partial charge < -0.3 is 0 Å². The molecule has 0 aliphatic rings. The molecule has 0 N–H and O–H groups in total. The SMILES string of the molecule is O=C(c1ccc(Cl)c(C(F)(F)F)c1)C(Cl)(Cl)Cl. The average Bonchev–Trinajstić information content (AvgIpc) is 2.14. The van der Waals surface area contributed by atoms with E-state index < -0.39 is 26.3 Å². The molecule has 0 aliphatic carbocycles. The molecule has 0 saturated carbocycles. The highest BCUT2D eigenvalue weighted by molar-refractivity contribution is 6.77. The summed E-state index contributed by atoms with van der Waals surface area (Å²) in [6, 6.07) is 2.53. The summed E-state index contributed by atoms with van der Waals surface area (Å²) < 4.78 is 35.2. The predicted octanol–water partition coefficient (Wildman–Crippen LogP) is 4.91. The van der Waals surface area contributed by atoms with Crippen LogP contribution in [-0.4, -0.2) is 9.58 Å². The van der Waals surface area contributed by atoms with Gasteiger partial charge in [0.1, 0.15) is 0 Å². The molecule has 8 heteroatoms. The molecular weight excluding hydrogens is 323 g/mol. The Morgan fingerprint density at radius 3 is 2.06 bits per heavy atom. The molecule has 0 spiro atoms. The van der Waals surface area contributed by atoms with Crippen molar-refractivity contribution in [2.24, 2.45) is 0 Å². The van der Waals surface area contributed by atoms with Crippen LogP contribution in [0, 0.1) is 0 Å². The topological polar surface area (TPSA) is 17.1 Å². The highest BCUT2D eigenvalue weighted by Crippen LogP contribution is 2.37. The molecule has 0 radical (unpaired) electrons. The summed E-state index contributed by atoms with van der Waals surface area (Å²) in [6.45, 7) is 0. The van der Waals surface area contributed by atoms with Gasteiger partial charge in [-0.3, -0.25) is 4.79 Å². The first-order valence-corrected chi connectivity index (χ1v) is 5.53. The van der Waals surface area contributed by atoms with Crippen LogP contribution in [0.15, 0.2) is 18.2 Å². The highest BCUT2D eigenvalue weighted by Gasteiger charge is 2.36. The summed E-state index contributed by atoms with van der Waals surface area (Å²) in [5, 5.41) is -0.529. The number of carbonyl (C=O) groups is 1. The molecule has 94 valence electrons. The maximum Gasteiger partial charge on any atom is 0.417 e. The molecule has 0 fully saturated rings. The number of rotatable bonds is 1. The third-order valence-corrected chi connectivity index (χ3v) is 2.64. The van der Waals surface area contributed by atoms with Crippen molar-refractivity contribution in [2.75, 3.05) is 0 Å². The van der Waals surface area contributed by atoms with Crippen LogP contribution in [0.3, 0.4) is 0 Å². The molecule has 1 aromatic rings. The van der Waals surface area contributed by atoms with Crippen molar-refractivity contribution >= 4 is 52.2 Å². The van der Waals surface area contributed by atoms with Crippen molar-refractivity contribution in [3.05, 3.63) is 34.3 Å². The lowest BCUT2D eigenvalue weighted by molar-refractivity contribution is -0.137. The quantitative estimate of drug-likeness (QED) is 0.529. The van der Waals surface area contributed by atoms with Gasteiger partial charge in [0.25, 0.3) is 3.79 Å². The van der Waals surface area contributed by atoms with Crippen molar-refractivity contribution in [3.63, 3.8) is 0 Å². The summed E-state index contributed by atoms with van der Waals surface area (Å²) in [4.78, 5) is 11.5. The van der Waals surface area contributed by atoms with Gasteiger partial charge >= 0.3 is 6.18 Å². The van der Waals surface area contributed by atoms with Gasteiger partial charge in [0, 0.05) is 5.56 Å². The number of carbonyl (C=O) groups excluding carboxylic acids is 1. The number of benzene rings is 1. The predicted molar refractivity (Wildman–Crippen MR) is 61.1 cm³/mol. The summed E-state index contributed by atoms with van der Waals surface area (Å²) in [5.74, 6) is -1.05. The Hall–Kier alpha value is -0.160. The van der Waals surface area contributed by atoms with Crippen LogP contribution in [-0.2, 0) is 6.18 Å². The van der Waals surface area contributed by atoms with Crippen LogP contribution in [0.2, 0.25) is 5.02 Å². The fourth-order valence-electron chi connectivity index (χ4n) is 1.05. The Balaban J connectivity index is 3.28. The van der Waals surface area contributed by atoms with E-state index in [0.29, 0.717) is 6.07 Å². The molecule has 1 nitrogen and oxygen atoms in total. The van der Waals surface area contributed by atoms with Gasteiger partial charge in [0.15, 0.2) is 0 Å². The third-order valence-electron chi connectivity index (χ3n) is 1.79. The fraction of sp³-hybridized carbons (Fsp3) is 0.222. The van der Waals surface area contributed by atoms with Gasteiger partial charge in [-0.15, -0.1) is 0 Å². The van der Waals surface area contributed by atoms with Gasteiger partial charge in [-0.25, -0.2) is 0 Å². The molecule has 0 amide bonds. The van der Waals surface area contributed by atoms with Crippen LogP contribution in [0.4, 0.5) is 13.2 Å². The van der Waals surface area contributed by atoms with Crippen molar-refractivity contribution in [2.45, 2.75) is 9.97 Å². The molecule has 1 aromatic carbocycles. The summed E-state index contributed by atoms with van der Waals surface area (Å²) in [7, 11) is 0. The van der Waals surface area contributed by atoms with E-state index in [9.17, 15) is 18.0 Å². The van der Waals surface area contributed by atoms with Crippen LogP contribution >= 0.6 is 46.4 Å². The lowest BCUT2D eigenvalue weighted by Gasteiger charge is -2.13. The first-order valence-electron chi connectivity index (χ1n) is 4.02. The van der Waals surface area contributed by atoms with E-state index in [-0.39, 0.29) is 5.56 Å². The van der Waals surface area contributed by atoms with E-state index in [4.69, 9.17) is 46.4 Å². The Labute approximate surface area is 114 Å². The van der Waals surface area contributed by atoms with Gasteiger partial charge in [-0.05, 0) is 18.2 Å². The number of halogens is 7. The molecule has 0 bridgehead atoms. The van der Waals surface area contributed by atoms with E-state index >= 15 is 0 Å². The minimum Gasteiger partial charge on any atom is -0.289 e. The molecule has 17 heavy (non-hydrogen) atoms.